The summed E-state index contributed by atoms with van der Waals surface area (Å²) in [6, 6.07) is 4.87. The second-order valence-electron chi connectivity index (χ2n) is 4.73. The quantitative estimate of drug-likeness (QED) is 0.587. The number of unbranched alkanes of at least 4 members (excludes halogenated alkanes) is 1. The van der Waals surface area contributed by atoms with Crippen molar-refractivity contribution in [3.05, 3.63) is 33.8 Å². The predicted molar refractivity (Wildman–Crippen MR) is 80.8 cm³/mol. The molecule has 2 rings (SSSR count). The standard InChI is InChI=1S/C14H16BrN3O3/c15-9-3-4-10-11(7-9)14(21)18(13(10)20)8-12(19)17-6-2-1-5-16/h3-4,7H,1-2,5-6,8,16H2,(H,17,19). The Morgan fingerprint density at radius 1 is 1.19 bits per heavy atom. The molecular formula is C14H16BrN3O3. The maximum atomic E-state index is 12.2. The maximum absolute atomic E-state index is 12.2. The largest absolute Gasteiger partial charge is 0.355 e. The molecule has 3 N–H and O–H groups in total. The molecule has 0 radical (unpaired) electrons. The van der Waals surface area contributed by atoms with Crippen molar-refractivity contribution in [1.29, 1.82) is 0 Å². The molecule has 1 aromatic carbocycles. The van der Waals surface area contributed by atoms with Gasteiger partial charge in [-0.15, -0.1) is 0 Å². The van der Waals surface area contributed by atoms with E-state index in [4.69, 9.17) is 5.73 Å². The smallest absolute Gasteiger partial charge is 0.262 e. The first-order chi connectivity index (χ1) is 10.0. The fourth-order valence-electron chi connectivity index (χ4n) is 2.10. The molecule has 0 atom stereocenters. The van der Waals surface area contributed by atoms with Gasteiger partial charge in [0.25, 0.3) is 11.8 Å². The molecule has 1 aliphatic rings. The highest BCUT2D eigenvalue weighted by atomic mass is 79.9. The Bertz CT molecular complexity index is 589. The molecule has 3 amide bonds. The third kappa shape index (κ3) is 3.48. The number of amides is 3. The van der Waals surface area contributed by atoms with Crippen LogP contribution in [0, 0.1) is 0 Å². The number of imide groups is 1. The molecule has 0 spiro atoms. The molecule has 0 fully saturated rings. The number of hydrogen-bond acceptors (Lipinski definition) is 4. The number of fused-ring (bicyclic) bond motifs is 1. The lowest BCUT2D eigenvalue weighted by Gasteiger charge is -2.13. The summed E-state index contributed by atoms with van der Waals surface area (Å²) >= 11 is 3.26. The molecule has 1 aliphatic heterocycles. The molecule has 21 heavy (non-hydrogen) atoms. The van der Waals surface area contributed by atoms with Gasteiger partial charge < -0.3 is 11.1 Å². The van der Waals surface area contributed by atoms with Crippen molar-refractivity contribution in [2.24, 2.45) is 5.73 Å². The SMILES string of the molecule is NCCCCNC(=O)CN1C(=O)c2ccc(Br)cc2C1=O. The van der Waals surface area contributed by atoms with Crippen molar-refractivity contribution < 1.29 is 14.4 Å². The van der Waals surface area contributed by atoms with Crippen LogP contribution in [0.4, 0.5) is 0 Å². The number of hydrogen-bond donors (Lipinski definition) is 2. The molecule has 0 aliphatic carbocycles. The Labute approximate surface area is 130 Å². The van der Waals surface area contributed by atoms with E-state index in [-0.39, 0.29) is 12.5 Å². The van der Waals surface area contributed by atoms with Gasteiger partial charge in [0.05, 0.1) is 11.1 Å². The maximum Gasteiger partial charge on any atom is 0.262 e. The van der Waals surface area contributed by atoms with Gasteiger partial charge in [-0.3, -0.25) is 19.3 Å². The minimum atomic E-state index is -0.437. The van der Waals surface area contributed by atoms with Crippen molar-refractivity contribution in [2.45, 2.75) is 12.8 Å². The molecule has 0 unspecified atom stereocenters. The van der Waals surface area contributed by atoms with Crippen LogP contribution in [0.3, 0.4) is 0 Å². The fraction of sp³-hybridized carbons (Fsp3) is 0.357. The lowest BCUT2D eigenvalue weighted by atomic mass is 10.1. The molecule has 0 saturated carbocycles. The molecule has 0 saturated heterocycles. The number of benzene rings is 1. The summed E-state index contributed by atoms with van der Waals surface area (Å²) in [5.74, 6) is -1.21. The van der Waals surface area contributed by atoms with Gasteiger partial charge in [-0.05, 0) is 37.6 Å². The van der Waals surface area contributed by atoms with Gasteiger partial charge in [-0.2, -0.15) is 0 Å². The minimum Gasteiger partial charge on any atom is -0.355 e. The van der Waals surface area contributed by atoms with E-state index in [9.17, 15) is 14.4 Å². The van der Waals surface area contributed by atoms with Crippen LogP contribution in [-0.4, -0.2) is 42.3 Å². The number of rotatable bonds is 6. The topological polar surface area (TPSA) is 92.5 Å². The third-order valence-corrected chi connectivity index (χ3v) is 3.68. The first-order valence-corrected chi connectivity index (χ1v) is 7.46. The summed E-state index contributed by atoms with van der Waals surface area (Å²) in [5.41, 5.74) is 6.02. The van der Waals surface area contributed by atoms with Gasteiger partial charge in [-0.25, -0.2) is 0 Å². The van der Waals surface area contributed by atoms with Gasteiger partial charge in [0.15, 0.2) is 0 Å². The van der Waals surface area contributed by atoms with Gasteiger partial charge in [0, 0.05) is 11.0 Å². The molecule has 1 heterocycles. The fourth-order valence-corrected chi connectivity index (χ4v) is 2.46. The van der Waals surface area contributed by atoms with Crippen molar-refractivity contribution >= 4 is 33.7 Å². The first-order valence-electron chi connectivity index (χ1n) is 6.67. The molecule has 7 heteroatoms. The van der Waals surface area contributed by atoms with Crippen LogP contribution in [0.1, 0.15) is 33.6 Å². The molecular weight excluding hydrogens is 338 g/mol. The number of carbonyl (C=O) groups excluding carboxylic acids is 3. The minimum absolute atomic E-state index is 0.257. The normalized spacial score (nSPS) is 13.5. The summed E-state index contributed by atoms with van der Waals surface area (Å²) in [6.45, 7) is 0.806. The molecule has 1 aromatic rings. The van der Waals surface area contributed by atoms with Crippen LogP contribution < -0.4 is 11.1 Å². The Morgan fingerprint density at radius 3 is 2.62 bits per heavy atom. The van der Waals surface area contributed by atoms with Gasteiger partial charge in [-0.1, -0.05) is 15.9 Å². The molecule has 0 bridgehead atoms. The summed E-state index contributed by atoms with van der Waals surface area (Å²) in [7, 11) is 0. The zero-order valence-corrected chi connectivity index (χ0v) is 13.0. The zero-order valence-electron chi connectivity index (χ0n) is 11.4. The highest BCUT2D eigenvalue weighted by molar-refractivity contribution is 9.10. The van der Waals surface area contributed by atoms with E-state index < -0.39 is 11.8 Å². The Morgan fingerprint density at radius 2 is 1.90 bits per heavy atom. The van der Waals surface area contributed by atoms with E-state index in [1.54, 1.807) is 18.2 Å². The van der Waals surface area contributed by atoms with Gasteiger partial charge in [0.2, 0.25) is 5.91 Å². The molecule has 0 aromatic heterocycles. The third-order valence-electron chi connectivity index (χ3n) is 3.19. The average molecular weight is 354 g/mol. The highest BCUT2D eigenvalue weighted by Crippen LogP contribution is 2.25. The van der Waals surface area contributed by atoms with Crippen molar-refractivity contribution in [1.82, 2.24) is 10.2 Å². The van der Waals surface area contributed by atoms with E-state index in [1.165, 1.54) is 0 Å². The second kappa shape index (κ2) is 6.82. The highest BCUT2D eigenvalue weighted by Gasteiger charge is 2.36. The lowest BCUT2D eigenvalue weighted by molar-refractivity contribution is -0.121. The second-order valence-corrected chi connectivity index (χ2v) is 5.65. The van der Waals surface area contributed by atoms with E-state index in [0.717, 1.165) is 22.2 Å². The van der Waals surface area contributed by atoms with Crippen LogP contribution in [0.15, 0.2) is 22.7 Å². The number of nitrogens with one attached hydrogen (secondary N) is 1. The van der Waals surface area contributed by atoms with Crippen molar-refractivity contribution in [3.8, 4) is 0 Å². The Balaban J connectivity index is 1.98. The summed E-state index contributed by atoms with van der Waals surface area (Å²) in [6.07, 6.45) is 1.60. The van der Waals surface area contributed by atoms with Crippen molar-refractivity contribution in [3.63, 3.8) is 0 Å². The van der Waals surface area contributed by atoms with E-state index in [2.05, 4.69) is 21.2 Å². The number of nitrogens with zero attached hydrogens (tertiary/aromatic N) is 1. The molecule has 6 nitrogen and oxygen atoms in total. The van der Waals surface area contributed by atoms with Crippen LogP contribution in [0.5, 0.6) is 0 Å². The van der Waals surface area contributed by atoms with Crippen LogP contribution in [0.2, 0.25) is 0 Å². The zero-order chi connectivity index (χ0) is 15.4. The predicted octanol–water partition coefficient (Wildman–Crippen LogP) is 0.900. The van der Waals surface area contributed by atoms with Crippen LogP contribution >= 0.6 is 15.9 Å². The van der Waals surface area contributed by atoms with Crippen LogP contribution in [-0.2, 0) is 4.79 Å². The van der Waals surface area contributed by atoms with Gasteiger partial charge in [0.1, 0.15) is 6.54 Å². The number of carbonyl (C=O) groups is 3. The van der Waals surface area contributed by atoms with Gasteiger partial charge >= 0.3 is 0 Å². The Kier molecular flexibility index (Phi) is 5.08. The Hall–Kier alpha value is -1.73. The lowest BCUT2D eigenvalue weighted by Crippen LogP contribution is -2.40. The summed E-state index contributed by atoms with van der Waals surface area (Å²) in [5, 5.41) is 2.67. The first kappa shape index (κ1) is 15.7. The average Bonchev–Trinajstić information content (AvgIpc) is 2.68. The van der Waals surface area contributed by atoms with E-state index in [0.29, 0.717) is 24.2 Å². The van der Waals surface area contributed by atoms with Crippen molar-refractivity contribution in [2.75, 3.05) is 19.6 Å². The number of halogens is 1. The van der Waals surface area contributed by atoms with Crippen LogP contribution in [0.25, 0.3) is 0 Å². The van der Waals surface area contributed by atoms with E-state index in [1.807, 2.05) is 0 Å². The van der Waals surface area contributed by atoms with E-state index >= 15 is 0 Å². The monoisotopic (exact) mass is 353 g/mol. The summed E-state index contributed by atoms with van der Waals surface area (Å²) in [4.78, 5) is 37.0. The number of nitrogens with two attached hydrogens (primary N) is 1. The summed E-state index contributed by atoms with van der Waals surface area (Å²) < 4.78 is 0.718. The molecule has 112 valence electrons.